The van der Waals surface area contributed by atoms with Crippen LogP contribution in [0.25, 0.3) is 0 Å². The van der Waals surface area contributed by atoms with Gasteiger partial charge in [0.25, 0.3) is 0 Å². The van der Waals surface area contributed by atoms with Crippen LogP contribution in [0.15, 0.2) is 36.0 Å². The van der Waals surface area contributed by atoms with Gasteiger partial charge in [-0.3, -0.25) is 0 Å². The van der Waals surface area contributed by atoms with E-state index in [0.29, 0.717) is 0 Å². The smallest absolute Gasteiger partial charge is 0.0259 e. The van der Waals surface area contributed by atoms with Crippen molar-refractivity contribution < 1.29 is 0 Å². The van der Waals surface area contributed by atoms with Crippen LogP contribution in [0.5, 0.6) is 0 Å². The standard InChI is InChI=1S/C12H18/c1-10-6-4-5-7-11(2)9-12(3)8-10/h4,6,8,11H,3,5,7,9H2,1-2H3. The molecule has 0 aromatic heterocycles. The average Bonchev–Trinajstić information content (AvgIpc) is 2.01. The van der Waals surface area contributed by atoms with Crippen LogP contribution in [0, 0.1) is 5.92 Å². The van der Waals surface area contributed by atoms with E-state index in [9.17, 15) is 0 Å². The predicted molar refractivity (Wildman–Crippen MR) is 55.1 cm³/mol. The van der Waals surface area contributed by atoms with Crippen molar-refractivity contribution in [1.29, 1.82) is 0 Å². The van der Waals surface area contributed by atoms with E-state index >= 15 is 0 Å². The molecule has 0 saturated carbocycles. The molecule has 0 aromatic carbocycles. The van der Waals surface area contributed by atoms with Crippen LogP contribution in [-0.2, 0) is 0 Å². The zero-order valence-corrected chi connectivity index (χ0v) is 8.14. The van der Waals surface area contributed by atoms with E-state index in [4.69, 9.17) is 0 Å². The molecule has 0 radical (unpaired) electrons. The Labute approximate surface area is 75.7 Å². The third-order valence-corrected chi connectivity index (χ3v) is 2.25. The lowest BCUT2D eigenvalue weighted by molar-refractivity contribution is 0.539. The summed E-state index contributed by atoms with van der Waals surface area (Å²) in [6.45, 7) is 8.48. The molecule has 0 amide bonds. The van der Waals surface area contributed by atoms with Crippen molar-refractivity contribution in [3.05, 3.63) is 36.0 Å². The van der Waals surface area contributed by atoms with Gasteiger partial charge in [0.05, 0.1) is 0 Å². The van der Waals surface area contributed by atoms with E-state index < -0.39 is 0 Å². The fraction of sp³-hybridized carbons (Fsp3) is 0.500. The molecular weight excluding hydrogens is 144 g/mol. The second kappa shape index (κ2) is 4.30. The first kappa shape index (κ1) is 9.31. The van der Waals surface area contributed by atoms with Crippen molar-refractivity contribution in [1.82, 2.24) is 0 Å². The third-order valence-electron chi connectivity index (χ3n) is 2.25. The molecule has 0 N–H and O–H groups in total. The summed E-state index contributed by atoms with van der Waals surface area (Å²) in [5.74, 6) is 0.782. The molecule has 66 valence electrons. The highest BCUT2D eigenvalue weighted by molar-refractivity contribution is 5.27. The van der Waals surface area contributed by atoms with Crippen molar-refractivity contribution in [3.63, 3.8) is 0 Å². The largest absolute Gasteiger partial charge is 0.0958 e. The quantitative estimate of drug-likeness (QED) is 0.507. The Kier molecular flexibility index (Phi) is 3.33. The summed E-state index contributed by atoms with van der Waals surface area (Å²) in [6, 6.07) is 0. The molecule has 0 heteroatoms. The molecule has 1 unspecified atom stereocenters. The van der Waals surface area contributed by atoms with Crippen molar-refractivity contribution in [2.75, 3.05) is 0 Å². The molecule has 0 saturated heterocycles. The summed E-state index contributed by atoms with van der Waals surface area (Å²) in [7, 11) is 0. The van der Waals surface area contributed by atoms with Gasteiger partial charge in [0.15, 0.2) is 0 Å². The molecule has 0 heterocycles. The molecule has 1 atom stereocenters. The maximum atomic E-state index is 4.05. The van der Waals surface area contributed by atoms with E-state index in [2.05, 4.69) is 38.7 Å². The van der Waals surface area contributed by atoms with Crippen molar-refractivity contribution in [2.45, 2.75) is 33.1 Å². The van der Waals surface area contributed by atoms with Gasteiger partial charge < -0.3 is 0 Å². The van der Waals surface area contributed by atoms with Gasteiger partial charge in [-0.25, -0.2) is 0 Å². The first-order chi connectivity index (χ1) is 5.68. The number of allylic oxidation sites excluding steroid dienone is 5. The van der Waals surface area contributed by atoms with Gasteiger partial charge >= 0.3 is 0 Å². The minimum atomic E-state index is 0.782. The van der Waals surface area contributed by atoms with Gasteiger partial charge in [0.2, 0.25) is 0 Å². The molecule has 0 nitrogen and oxygen atoms in total. The molecule has 0 aromatic rings. The summed E-state index contributed by atoms with van der Waals surface area (Å²) in [5.41, 5.74) is 2.60. The Morgan fingerprint density at radius 3 is 3.00 bits per heavy atom. The van der Waals surface area contributed by atoms with Crippen LogP contribution in [0.2, 0.25) is 0 Å². The molecule has 0 spiro atoms. The highest BCUT2D eigenvalue weighted by Gasteiger charge is 2.03. The van der Waals surface area contributed by atoms with Gasteiger partial charge in [-0.15, -0.1) is 0 Å². The summed E-state index contributed by atoms with van der Waals surface area (Å²) in [5, 5.41) is 0. The van der Waals surface area contributed by atoms with E-state index in [1.165, 1.54) is 24.0 Å². The van der Waals surface area contributed by atoms with Gasteiger partial charge in [-0.2, -0.15) is 0 Å². The highest BCUT2D eigenvalue weighted by Crippen LogP contribution is 2.19. The first-order valence-corrected chi connectivity index (χ1v) is 4.71. The van der Waals surface area contributed by atoms with Gasteiger partial charge in [0.1, 0.15) is 0 Å². The van der Waals surface area contributed by atoms with Crippen LogP contribution in [0.3, 0.4) is 0 Å². The zero-order valence-electron chi connectivity index (χ0n) is 8.14. The molecule has 1 aliphatic rings. The Bertz CT molecular complexity index is 218. The van der Waals surface area contributed by atoms with E-state index in [1.54, 1.807) is 0 Å². The van der Waals surface area contributed by atoms with Crippen LogP contribution in [0.1, 0.15) is 33.1 Å². The van der Waals surface area contributed by atoms with Gasteiger partial charge in [-0.05, 0) is 32.1 Å². The van der Waals surface area contributed by atoms with Crippen molar-refractivity contribution in [2.24, 2.45) is 5.92 Å². The summed E-state index contributed by atoms with van der Waals surface area (Å²) < 4.78 is 0. The average molecular weight is 162 g/mol. The summed E-state index contributed by atoms with van der Waals surface area (Å²) in [6.07, 6.45) is 10.3. The number of hydrogen-bond acceptors (Lipinski definition) is 0. The Morgan fingerprint density at radius 1 is 1.50 bits per heavy atom. The fourth-order valence-corrected chi connectivity index (χ4v) is 1.63. The van der Waals surface area contributed by atoms with Crippen molar-refractivity contribution in [3.8, 4) is 0 Å². The van der Waals surface area contributed by atoms with Crippen LogP contribution < -0.4 is 0 Å². The van der Waals surface area contributed by atoms with Crippen LogP contribution in [0.4, 0.5) is 0 Å². The Balaban J connectivity index is 2.70. The molecule has 0 fully saturated rings. The minimum absolute atomic E-state index is 0.782. The van der Waals surface area contributed by atoms with Crippen molar-refractivity contribution >= 4 is 0 Å². The predicted octanol–water partition coefficient (Wildman–Crippen LogP) is 3.87. The maximum Gasteiger partial charge on any atom is -0.0259 e. The Hall–Kier alpha value is -0.780. The maximum absolute atomic E-state index is 4.05. The second-order valence-electron chi connectivity index (χ2n) is 3.84. The van der Waals surface area contributed by atoms with E-state index in [0.717, 1.165) is 12.3 Å². The van der Waals surface area contributed by atoms with E-state index in [1.807, 2.05) is 0 Å². The molecule has 1 aliphatic carbocycles. The lowest BCUT2D eigenvalue weighted by Gasteiger charge is -2.08. The van der Waals surface area contributed by atoms with Crippen LogP contribution in [-0.4, -0.2) is 0 Å². The molecule has 0 bridgehead atoms. The zero-order chi connectivity index (χ0) is 8.97. The topological polar surface area (TPSA) is 0 Å². The SMILES string of the molecule is C=C1C=C(C)C=CCCC(C)C1. The highest BCUT2D eigenvalue weighted by atomic mass is 14.1. The fourth-order valence-electron chi connectivity index (χ4n) is 1.63. The van der Waals surface area contributed by atoms with Gasteiger partial charge in [0, 0.05) is 0 Å². The monoisotopic (exact) mass is 162 g/mol. The lowest BCUT2D eigenvalue weighted by Crippen LogP contribution is -1.93. The van der Waals surface area contributed by atoms with E-state index in [-0.39, 0.29) is 0 Å². The second-order valence-corrected chi connectivity index (χ2v) is 3.84. The normalized spacial score (nSPS) is 25.7. The molecule has 1 rings (SSSR count). The molecule has 12 heavy (non-hydrogen) atoms. The first-order valence-electron chi connectivity index (χ1n) is 4.71. The summed E-state index contributed by atoms with van der Waals surface area (Å²) >= 11 is 0. The number of hydrogen-bond donors (Lipinski definition) is 0. The lowest BCUT2D eigenvalue weighted by atomic mass is 9.97. The minimum Gasteiger partial charge on any atom is -0.0958 e. The molecule has 0 aliphatic heterocycles. The van der Waals surface area contributed by atoms with Crippen LogP contribution >= 0.6 is 0 Å². The third kappa shape index (κ3) is 3.08. The van der Waals surface area contributed by atoms with Gasteiger partial charge in [-0.1, -0.05) is 42.9 Å². The number of rotatable bonds is 0. The summed E-state index contributed by atoms with van der Waals surface area (Å²) in [4.78, 5) is 0. The molecular formula is C12H18. The Morgan fingerprint density at radius 2 is 2.25 bits per heavy atom.